The molecule has 0 unspecified atom stereocenters. The molecule has 4 aromatic rings. The number of guanidine groups is 1. The van der Waals surface area contributed by atoms with E-state index in [0.717, 1.165) is 43.9 Å². The van der Waals surface area contributed by atoms with Gasteiger partial charge in [0.25, 0.3) is 5.91 Å². The maximum Gasteiger partial charge on any atom is 0.355 e. The van der Waals surface area contributed by atoms with Gasteiger partial charge in [0, 0.05) is 74.4 Å². The van der Waals surface area contributed by atoms with Gasteiger partial charge in [0.2, 0.25) is 23.5 Å². The third kappa shape index (κ3) is 10.1. The van der Waals surface area contributed by atoms with Gasteiger partial charge < -0.3 is 40.2 Å². The number of rotatable bonds is 10. The Hall–Kier alpha value is -6.55. The van der Waals surface area contributed by atoms with Crippen molar-refractivity contribution in [3.8, 4) is 34.3 Å². The first-order valence-corrected chi connectivity index (χ1v) is 21.3. The molecule has 2 aliphatic rings. The fourth-order valence-electron chi connectivity index (χ4n) is 8.67. The number of aromatic hydroxyl groups is 1. The average Bonchev–Trinajstić information content (AvgIpc) is 3.55. The van der Waals surface area contributed by atoms with E-state index in [9.17, 15) is 29.4 Å². The van der Waals surface area contributed by atoms with Crippen LogP contribution < -0.4 is 21.8 Å². The molecule has 0 spiro atoms. The number of fused-ring (bicyclic) bond motifs is 6. The maximum atomic E-state index is 14.6. The number of nitriles is 1. The molecule has 4 heterocycles. The monoisotopic (exact) mass is 878 g/mol. The molecule has 0 radical (unpaired) electrons. The smallest absolute Gasteiger partial charge is 0.355 e. The fraction of sp³-hybridized carbons (Fsp3) is 0.457. The van der Waals surface area contributed by atoms with Crippen molar-refractivity contribution < 1.29 is 38.9 Å². The number of benzene rings is 2. The third-order valence-corrected chi connectivity index (χ3v) is 11.7. The van der Waals surface area contributed by atoms with Crippen LogP contribution in [0.4, 0.5) is 0 Å². The lowest BCUT2D eigenvalue weighted by molar-refractivity contribution is -0.189. The highest BCUT2D eigenvalue weighted by Crippen LogP contribution is 2.41. The Bertz CT molecular complexity index is 2490. The van der Waals surface area contributed by atoms with Gasteiger partial charge in [0.15, 0.2) is 6.19 Å². The van der Waals surface area contributed by atoms with Gasteiger partial charge in [0.1, 0.15) is 24.4 Å². The number of phenols is 1. The summed E-state index contributed by atoms with van der Waals surface area (Å²) in [4.78, 5) is 65.6. The van der Waals surface area contributed by atoms with Crippen LogP contribution in [0.1, 0.15) is 64.2 Å². The number of hydrogen-bond acceptors (Lipinski definition) is 12. The number of ether oxygens (including phenoxy) is 2. The zero-order valence-electron chi connectivity index (χ0n) is 37.4. The molecule has 340 valence electrons. The summed E-state index contributed by atoms with van der Waals surface area (Å²) in [6.45, 7) is 10.0. The third-order valence-electron chi connectivity index (χ3n) is 11.7. The van der Waals surface area contributed by atoms with Crippen LogP contribution in [0.15, 0.2) is 59.9 Å². The molecule has 2 aromatic carbocycles. The highest BCUT2D eigenvalue weighted by atomic mass is 16.6. The summed E-state index contributed by atoms with van der Waals surface area (Å²) in [5, 5.41) is 38.9. The first kappa shape index (κ1) is 46.9. The van der Waals surface area contributed by atoms with E-state index >= 15 is 0 Å². The molecule has 2 aromatic heterocycles. The maximum absolute atomic E-state index is 14.6. The first-order valence-electron chi connectivity index (χ1n) is 21.3. The Morgan fingerprint density at radius 1 is 1.19 bits per heavy atom. The number of carbonyl (C=O) groups is 4. The predicted molar refractivity (Wildman–Crippen MR) is 238 cm³/mol. The molecule has 6 bridgehead atoms. The van der Waals surface area contributed by atoms with E-state index in [1.807, 2.05) is 44.3 Å². The second-order valence-corrected chi connectivity index (χ2v) is 17.5. The molecule has 6 rings (SSSR count). The van der Waals surface area contributed by atoms with Crippen molar-refractivity contribution in [1.29, 1.82) is 5.26 Å². The largest absolute Gasteiger partial charge is 0.508 e. The number of hydrazine groups is 1. The molecule has 18 nitrogen and oxygen atoms in total. The Balaban J connectivity index is 1.48. The second kappa shape index (κ2) is 19.5. The van der Waals surface area contributed by atoms with Gasteiger partial charge >= 0.3 is 5.97 Å². The Morgan fingerprint density at radius 3 is 2.66 bits per heavy atom. The molecule has 0 aliphatic carbocycles. The number of cyclic esters (lactones) is 1. The number of amides is 3. The average molecular weight is 879 g/mol. The number of likely N-dealkylation sites (N-methyl/N-ethyl adjacent to an activating group) is 1. The molecule has 0 saturated carbocycles. The molecule has 1 saturated heterocycles. The van der Waals surface area contributed by atoms with Crippen LogP contribution in [0.25, 0.3) is 33.3 Å². The number of methoxy groups -OCH3 is 1. The molecular weight excluding hydrogens is 821 g/mol. The van der Waals surface area contributed by atoms with Crippen LogP contribution >= 0.6 is 0 Å². The molecule has 3 atom stereocenters. The number of nitrogens with zero attached hydrogens (tertiary/aromatic N) is 6. The highest BCUT2D eigenvalue weighted by molar-refractivity contribution is 5.96. The molecule has 2 aliphatic heterocycles. The lowest BCUT2D eigenvalue weighted by Crippen LogP contribution is -2.67. The minimum absolute atomic E-state index is 0.0532. The zero-order valence-corrected chi connectivity index (χ0v) is 37.4. The van der Waals surface area contributed by atoms with Crippen LogP contribution in [0.2, 0.25) is 0 Å². The quantitative estimate of drug-likeness (QED) is 0.0441. The molecule has 64 heavy (non-hydrogen) atoms. The number of aliphatic hydroxyl groups is 1. The summed E-state index contributed by atoms with van der Waals surface area (Å²) in [5.41, 5.74) is 12.0. The molecule has 7 N–H and O–H groups in total. The number of nitrogens with two attached hydrogens (primary N) is 1. The zero-order chi connectivity index (χ0) is 46.5. The molecular formula is C46H58N10O8. The standard InChI is InChI=1S/C46H58N10O8/c1-8-55-37-11-10-29-20-33(37)34(40(55)35-22-49-14-12-30(35)24-63-7)21-45(4,5)25-64-43(61)46(62)13-9-15-56(53-46)42(60)36(18-28-16-31(29)19-32(57)17-28)52-41(59)39(27(2)3)54(6)38(58)23-50-44(48)51-26-47/h10-12,14,16-17,19-20,22,27,36,39,53,57,62H,8-9,13,15,18,21,23-25H2,1-7H3,(H,52,59)(H3,48,50,51)/t36-,39-,46-/m0/s1. The molecule has 3 amide bonds. The summed E-state index contributed by atoms with van der Waals surface area (Å²) in [7, 11) is 3.07. The number of aliphatic imine (C=N–C) groups is 1. The number of carbonyl (C=O) groups excluding carboxylic acids is 4. The molecule has 18 heteroatoms. The molecule has 1 fully saturated rings. The Morgan fingerprint density at radius 2 is 1.95 bits per heavy atom. The summed E-state index contributed by atoms with van der Waals surface area (Å²) in [6, 6.07) is 10.6. The number of aryl methyl sites for hydroxylation is 1. The van der Waals surface area contributed by atoms with Crippen molar-refractivity contribution in [3.05, 3.63) is 71.5 Å². The van der Waals surface area contributed by atoms with Crippen molar-refractivity contribution in [1.82, 2.24) is 35.5 Å². The van der Waals surface area contributed by atoms with Gasteiger partial charge in [-0.25, -0.2) is 9.79 Å². The van der Waals surface area contributed by atoms with Gasteiger partial charge in [-0.1, -0.05) is 39.8 Å². The van der Waals surface area contributed by atoms with Crippen LogP contribution in [0, 0.1) is 22.8 Å². The Labute approximate surface area is 372 Å². The number of aromatic nitrogens is 2. The van der Waals surface area contributed by atoms with E-state index in [4.69, 9.17) is 20.5 Å². The summed E-state index contributed by atoms with van der Waals surface area (Å²) < 4.78 is 13.7. The number of hydrogen-bond donors (Lipinski definition) is 6. The number of pyridine rings is 1. The van der Waals surface area contributed by atoms with E-state index in [-0.39, 0.29) is 44.1 Å². The van der Waals surface area contributed by atoms with Gasteiger partial charge in [0.05, 0.1) is 18.9 Å². The number of nitrogens with one attached hydrogen (secondary N) is 3. The Kier molecular flexibility index (Phi) is 14.3. The predicted octanol–water partition coefficient (Wildman–Crippen LogP) is 3.08. The minimum Gasteiger partial charge on any atom is -0.508 e. The van der Waals surface area contributed by atoms with Crippen molar-refractivity contribution in [2.45, 2.75) is 91.3 Å². The van der Waals surface area contributed by atoms with E-state index in [1.54, 1.807) is 39.4 Å². The minimum atomic E-state index is -2.28. The van der Waals surface area contributed by atoms with E-state index in [0.29, 0.717) is 30.7 Å². The van der Waals surface area contributed by atoms with E-state index < -0.39 is 59.4 Å². The van der Waals surface area contributed by atoms with Gasteiger partial charge in [-0.3, -0.25) is 29.7 Å². The number of phenolic OH excluding ortho intramolecular Hbond substituents is 1. The summed E-state index contributed by atoms with van der Waals surface area (Å²) in [6.07, 6.45) is 5.68. The lowest BCUT2D eigenvalue weighted by atomic mass is 9.84. The van der Waals surface area contributed by atoms with E-state index in [1.165, 1.54) is 18.0 Å². The van der Waals surface area contributed by atoms with Crippen LogP contribution in [0.3, 0.4) is 0 Å². The van der Waals surface area contributed by atoms with Gasteiger partial charge in [-0.15, -0.1) is 0 Å². The lowest BCUT2D eigenvalue weighted by Gasteiger charge is -2.40. The SMILES string of the molecule is CCn1c(-c2cnccc2COC)c2c3cc(ccc31)-c1cc(O)cc(c1)C[C@H](NC(=O)[C@H](C(C)C)N(C)C(=O)CN=C(N)NC#N)C(=O)N1CCC[C@@](O)(N1)C(=O)OCC(C)(C)C2. The highest BCUT2D eigenvalue weighted by Gasteiger charge is 2.45. The fourth-order valence-corrected chi connectivity index (χ4v) is 8.67. The summed E-state index contributed by atoms with van der Waals surface area (Å²) >= 11 is 0. The van der Waals surface area contributed by atoms with Gasteiger partial charge in [-0.2, -0.15) is 10.7 Å². The van der Waals surface area contributed by atoms with Gasteiger partial charge in [-0.05, 0) is 83.8 Å². The van der Waals surface area contributed by atoms with E-state index in [2.05, 4.69) is 43.6 Å². The van der Waals surface area contributed by atoms with Crippen LogP contribution in [-0.2, 0) is 54.6 Å². The summed E-state index contributed by atoms with van der Waals surface area (Å²) in [5.74, 6) is -3.66. The van der Waals surface area contributed by atoms with Crippen LogP contribution in [-0.4, -0.2) is 111 Å². The second-order valence-electron chi connectivity index (χ2n) is 17.5. The normalized spacial score (nSPS) is 19.7. The van der Waals surface area contributed by atoms with Crippen LogP contribution in [0.5, 0.6) is 5.75 Å². The first-order chi connectivity index (χ1) is 30.4. The topological polar surface area (TPSA) is 250 Å². The van der Waals surface area contributed by atoms with Crippen molar-refractivity contribution in [2.24, 2.45) is 22.1 Å². The van der Waals surface area contributed by atoms with Crippen molar-refractivity contribution in [3.63, 3.8) is 0 Å². The van der Waals surface area contributed by atoms with Crippen molar-refractivity contribution in [2.75, 3.05) is 33.9 Å². The van der Waals surface area contributed by atoms with Crippen molar-refractivity contribution >= 4 is 40.6 Å². The number of esters is 1.